The zero-order valence-corrected chi connectivity index (χ0v) is 10.3. The largest absolute Gasteiger partial charge is 0.399 e. The third-order valence-electron chi connectivity index (χ3n) is 2.67. The average molecular weight is 233 g/mol. The lowest BCUT2D eigenvalue weighted by atomic mass is 10.1. The van der Waals surface area contributed by atoms with E-state index in [1.54, 1.807) is 30.5 Å². The molecule has 0 unspecified atom stereocenters. The van der Waals surface area contributed by atoms with Crippen LogP contribution >= 0.6 is 0 Å². The van der Waals surface area contributed by atoms with Crippen LogP contribution in [0.25, 0.3) is 0 Å². The summed E-state index contributed by atoms with van der Waals surface area (Å²) in [6.07, 6.45) is 3.84. The first-order valence-electron chi connectivity index (χ1n) is 5.86. The van der Waals surface area contributed by atoms with Crippen LogP contribution in [0.5, 0.6) is 0 Å². The Balaban J connectivity index is 2.52. The fraction of sp³-hybridized carbons (Fsp3) is 0.385. The van der Waals surface area contributed by atoms with Crippen LogP contribution in [0.15, 0.2) is 29.4 Å². The van der Waals surface area contributed by atoms with Crippen molar-refractivity contribution in [2.24, 2.45) is 11.0 Å². The monoisotopic (exact) mass is 233 g/mol. The van der Waals surface area contributed by atoms with Crippen LogP contribution in [-0.2, 0) is 0 Å². The molecule has 1 aromatic rings. The van der Waals surface area contributed by atoms with Gasteiger partial charge in [0.1, 0.15) is 0 Å². The second-order valence-corrected chi connectivity index (χ2v) is 3.92. The van der Waals surface area contributed by atoms with Crippen molar-refractivity contribution < 1.29 is 4.79 Å². The van der Waals surface area contributed by atoms with E-state index in [2.05, 4.69) is 24.4 Å². The number of carbonyl (C=O) groups excluding carboxylic acids is 1. The van der Waals surface area contributed by atoms with Crippen molar-refractivity contribution in [2.45, 2.75) is 26.7 Å². The van der Waals surface area contributed by atoms with Gasteiger partial charge in [-0.1, -0.05) is 13.8 Å². The fourth-order valence-corrected chi connectivity index (χ4v) is 1.40. The maximum Gasteiger partial charge on any atom is 0.271 e. The molecule has 92 valence electrons. The summed E-state index contributed by atoms with van der Waals surface area (Å²) in [6.45, 7) is 4.20. The minimum atomic E-state index is -0.216. The molecule has 17 heavy (non-hydrogen) atoms. The third kappa shape index (κ3) is 4.26. The van der Waals surface area contributed by atoms with Crippen molar-refractivity contribution in [1.82, 2.24) is 5.43 Å². The molecule has 0 aliphatic heterocycles. The van der Waals surface area contributed by atoms with Crippen LogP contribution in [0.4, 0.5) is 5.69 Å². The molecule has 0 aliphatic carbocycles. The highest BCUT2D eigenvalue weighted by atomic mass is 16.2. The van der Waals surface area contributed by atoms with Crippen molar-refractivity contribution in [3.63, 3.8) is 0 Å². The normalized spacial score (nSPS) is 11.0. The van der Waals surface area contributed by atoms with Gasteiger partial charge >= 0.3 is 0 Å². The SMILES string of the molecule is CCC(/C=N\NC(=O)c1ccc(N)cc1)CC. The highest BCUT2D eigenvalue weighted by Crippen LogP contribution is 2.05. The summed E-state index contributed by atoms with van der Waals surface area (Å²) in [6, 6.07) is 6.74. The molecule has 4 heteroatoms. The van der Waals surface area contributed by atoms with Crippen LogP contribution in [0.2, 0.25) is 0 Å². The van der Waals surface area contributed by atoms with Crippen molar-refractivity contribution in [1.29, 1.82) is 0 Å². The highest BCUT2D eigenvalue weighted by Gasteiger charge is 2.03. The van der Waals surface area contributed by atoms with E-state index in [0.717, 1.165) is 12.8 Å². The van der Waals surface area contributed by atoms with Crippen molar-refractivity contribution >= 4 is 17.8 Å². The van der Waals surface area contributed by atoms with Crippen LogP contribution < -0.4 is 11.2 Å². The van der Waals surface area contributed by atoms with Crippen molar-refractivity contribution in [3.8, 4) is 0 Å². The van der Waals surface area contributed by atoms with Gasteiger partial charge in [-0.25, -0.2) is 5.43 Å². The van der Waals surface area contributed by atoms with E-state index in [4.69, 9.17) is 5.73 Å². The zero-order valence-electron chi connectivity index (χ0n) is 10.3. The Morgan fingerprint density at radius 2 is 1.94 bits per heavy atom. The number of nitrogens with zero attached hydrogens (tertiary/aromatic N) is 1. The highest BCUT2D eigenvalue weighted by molar-refractivity contribution is 5.94. The number of hydrogen-bond donors (Lipinski definition) is 2. The summed E-state index contributed by atoms with van der Waals surface area (Å²) in [5.41, 5.74) is 9.25. The Kier molecular flexibility index (Phi) is 5.20. The first-order chi connectivity index (χ1) is 8.17. The van der Waals surface area contributed by atoms with Gasteiger partial charge in [0.25, 0.3) is 5.91 Å². The molecule has 0 aliphatic rings. The molecule has 0 saturated carbocycles. The van der Waals surface area contributed by atoms with E-state index in [9.17, 15) is 4.79 Å². The molecule has 1 aromatic carbocycles. The maximum atomic E-state index is 11.6. The second kappa shape index (κ2) is 6.68. The standard InChI is InChI=1S/C13H19N3O/c1-3-10(4-2)9-15-16-13(17)11-5-7-12(14)8-6-11/h5-10H,3-4,14H2,1-2H3,(H,16,17)/b15-9-. The smallest absolute Gasteiger partial charge is 0.271 e. The summed E-state index contributed by atoms with van der Waals surface area (Å²) in [5, 5.41) is 3.96. The van der Waals surface area contributed by atoms with Gasteiger partial charge in [0, 0.05) is 17.5 Å². The lowest BCUT2D eigenvalue weighted by Gasteiger charge is -2.04. The van der Waals surface area contributed by atoms with Gasteiger partial charge in [0.2, 0.25) is 0 Å². The molecule has 0 aromatic heterocycles. The van der Waals surface area contributed by atoms with E-state index >= 15 is 0 Å². The van der Waals surface area contributed by atoms with Gasteiger partial charge < -0.3 is 5.73 Å². The predicted molar refractivity (Wildman–Crippen MR) is 70.9 cm³/mol. The molecule has 1 amide bonds. The number of nitrogens with one attached hydrogen (secondary N) is 1. The first kappa shape index (κ1) is 13.2. The lowest BCUT2D eigenvalue weighted by Crippen LogP contribution is -2.18. The second-order valence-electron chi connectivity index (χ2n) is 3.92. The van der Waals surface area contributed by atoms with E-state index in [1.165, 1.54) is 0 Å². The van der Waals surface area contributed by atoms with Crippen LogP contribution in [0.1, 0.15) is 37.0 Å². The molecule has 0 heterocycles. The quantitative estimate of drug-likeness (QED) is 0.466. The number of hydrazone groups is 1. The summed E-state index contributed by atoms with van der Waals surface area (Å²) >= 11 is 0. The third-order valence-corrected chi connectivity index (χ3v) is 2.67. The minimum Gasteiger partial charge on any atom is -0.399 e. The van der Waals surface area contributed by atoms with Crippen LogP contribution in [0, 0.1) is 5.92 Å². The Morgan fingerprint density at radius 1 is 1.35 bits per heavy atom. The molecule has 0 saturated heterocycles. The molecule has 0 radical (unpaired) electrons. The number of anilines is 1. The summed E-state index contributed by atoms with van der Waals surface area (Å²) in [5.74, 6) is 0.203. The molecule has 0 atom stereocenters. The van der Waals surface area contributed by atoms with E-state index < -0.39 is 0 Å². The Labute approximate surface area is 102 Å². The molecule has 1 rings (SSSR count). The average Bonchev–Trinajstić information content (AvgIpc) is 2.35. The zero-order chi connectivity index (χ0) is 12.7. The number of hydrogen-bond acceptors (Lipinski definition) is 3. The number of carbonyl (C=O) groups is 1. The lowest BCUT2D eigenvalue weighted by molar-refractivity contribution is 0.0955. The number of nitrogen functional groups attached to an aromatic ring is 1. The summed E-state index contributed by atoms with van der Waals surface area (Å²) in [4.78, 5) is 11.6. The molecule has 4 nitrogen and oxygen atoms in total. The first-order valence-corrected chi connectivity index (χ1v) is 5.86. The van der Waals surface area contributed by atoms with Gasteiger partial charge in [0.05, 0.1) is 0 Å². The fourth-order valence-electron chi connectivity index (χ4n) is 1.40. The molecule has 0 bridgehead atoms. The Morgan fingerprint density at radius 3 is 2.47 bits per heavy atom. The Hall–Kier alpha value is -1.84. The van der Waals surface area contributed by atoms with Gasteiger partial charge in [-0.2, -0.15) is 5.10 Å². The molecule has 0 spiro atoms. The number of nitrogens with two attached hydrogens (primary N) is 1. The van der Waals surface area contributed by atoms with E-state index in [-0.39, 0.29) is 5.91 Å². The predicted octanol–water partition coefficient (Wildman–Crippen LogP) is 2.42. The van der Waals surface area contributed by atoms with Crippen LogP contribution in [-0.4, -0.2) is 12.1 Å². The maximum absolute atomic E-state index is 11.6. The van der Waals surface area contributed by atoms with Crippen LogP contribution in [0.3, 0.4) is 0 Å². The van der Waals surface area contributed by atoms with Crippen molar-refractivity contribution in [2.75, 3.05) is 5.73 Å². The number of rotatable bonds is 5. The van der Waals surface area contributed by atoms with Gasteiger partial charge in [0.15, 0.2) is 0 Å². The topological polar surface area (TPSA) is 67.5 Å². The number of amides is 1. The van der Waals surface area contributed by atoms with Gasteiger partial charge in [-0.3, -0.25) is 4.79 Å². The van der Waals surface area contributed by atoms with Gasteiger partial charge in [-0.15, -0.1) is 0 Å². The number of benzene rings is 1. The van der Waals surface area contributed by atoms with E-state index in [1.807, 2.05) is 0 Å². The molecular formula is C13H19N3O. The van der Waals surface area contributed by atoms with Crippen molar-refractivity contribution in [3.05, 3.63) is 29.8 Å². The summed E-state index contributed by atoms with van der Waals surface area (Å²) < 4.78 is 0. The molecule has 3 N–H and O–H groups in total. The Bertz CT molecular complexity index is 380. The van der Waals surface area contributed by atoms with Gasteiger partial charge in [-0.05, 0) is 43.0 Å². The summed E-state index contributed by atoms with van der Waals surface area (Å²) in [7, 11) is 0. The molecular weight excluding hydrogens is 214 g/mol. The van der Waals surface area contributed by atoms with E-state index in [0.29, 0.717) is 17.2 Å². The molecule has 0 fully saturated rings. The minimum absolute atomic E-state index is 0.216.